The van der Waals surface area contributed by atoms with Crippen molar-refractivity contribution in [2.45, 2.75) is 63.7 Å². The van der Waals surface area contributed by atoms with Crippen LogP contribution >= 0.6 is 0 Å². The van der Waals surface area contributed by atoms with Crippen LogP contribution in [0.3, 0.4) is 0 Å². The van der Waals surface area contributed by atoms with Crippen molar-refractivity contribution in [2.75, 3.05) is 6.61 Å². The Morgan fingerprint density at radius 2 is 1.54 bits per heavy atom. The van der Waals surface area contributed by atoms with Gasteiger partial charge in [0.25, 0.3) is 0 Å². The Bertz CT molecular complexity index is 558. The van der Waals surface area contributed by atoms with Crippen LogP contribution in [0.5, 0.6) is 0 Å². The summed E-state index contributed by atoms with van der Waals surface area (Å²) in [6, 6.07) is 2.29. The first-order valence-electron chi connectivity index (χ1n) is 9.07. The number of rotatable bonds is 4. The van der Waals surface area contributed by atoms with E-state index in [0.717, 1.165) is 57.3 Å². The van der Waals surface area contributed by atoms with E-state index in [1.54, 1.807) is 0 Å². The topological polar surface area (TPSA) is 9.23 Å². The van der Waals surface area contributed by atoms with Gasteiger partial charge >= 0.3 is 0 Å². The molecule has 0 heterocycles. The molecule has 0 saturated heterocycles. The van der Waals surface area contributed by atoms with Crippen molar-refractivity contribution in [2.24, 2.45) is 5.92 Å². The number of allylic oxidation sites excluding steroid dienone is 1. The minimum Gasteiger partial charge on any atom is -0.501 e. The molecule has 0 aliphatic heterocycles. The fraction of sp³-hybridized carbons (Fsp3) is 0.600. The molecule has 0 spiro atoms. The molecule has 0 amide bonds. The number of ether oxygens (including phenoxy) is 1. The van der Waals surface area contributed by atoms with Gasteiger partial charge in [0.05, 0.1) is 12.9 Å². The van der Waals surface area contributed by atoms with Crippen LogP contribution in [0, 0.1) is 23.4 Å². The first kappa shape index (κ1) is 17.4. The molecule has 0 aromatic heterocycles. The van der Waals surface area contributed by atoms with Gasteiger partial charge in [-0.3, -0.25) is 0 Å². The SMILES string of the molecule is Fc1cc(C2CCC(COC=C3CCCCC3)CC2)cc(F)c1F. The van der Waals surface area contributed by atoms with Gasteiger partial charge in [0.2, 0.25) is 0 Å². The highest BCUT2D eigenvalue weighted by atomic mass is 19.2. The Balaban J connectivity index is 1.47. The van der Waals surface area contributed by atoms with Crippen LogP contribution in [0.15, 0.2) is 24.0 Å². The van der Waals surface area contributed by atoms with E-state index in [2.05, 4.69) is 0 Å². The Morgan fingerprint density at radius 3 is 2.17 bits per heavy atom. The van der Waals surface area contributed by atoms with Crippen LogP contribution in [0.4, 0.5) is 13.2 Å². The summed E-state index contributed by atoms with van der Waals surface area (Å²) < 4.78 is 45.6. The predicted molar refractivity (Wildman–Crippen MR) is 88.1 cm³/mol. The Hall–Kier alpha value is -1.45. The molecule has 0 unspecified atom stereocenters. The zero-order valence-corrected chi connectivity index (χ0v) is 14.0. The second-order valence-electron chi connectivity index (χ2n) is 7.19. The van der Waals surface area contributed by atoms with E-state index in [1.807, 2.05) is 6.26 Å². The van der Waals surface area contributed by atoms with Crippen molar-refractivity contribution >= 4 is 0 Å². The van der Waals surface area contributed by atoms with Crippen LogP contribution in [0.25, 0.3) is 0 Å². The summed E-state index contributed by atoms with van der Waals surface area (Å²) in [5.41, 5.74) is 2.00. The Kier molecular flexibility index (Phi) is 5.85. The minimum absolute atomic E-state index is 0.113. The number of halogens is 3. The summed E-state index contributed by atoms with van der Waals surface area (Å²) in [7, 11) is 0. The smallest absolute Gasteiger partial charge is 0.194 e. The molecular formula is C20H25F3O. The number of hydrogen-bond acceptors (Lipinski definition) is 1. The van der Waals surface area contributed by atoms with E-state index in [1.165, 1.54) is 24.8 Å². The average molecular weight is 338 g/mol. The van der Waals surface area contributed by atoms with Gasteiger partial charge in [-0.25, -0.2) is 13.2 Å². The summed E-state index contributed by atoms with van der Waals surface area (Å²) in [5.74, 6) is -2.94. The molecule has 1 aromatic carbocycles. The first-order valence-corrected chi connectivity index (χ1v) is 9.07. The summed E-state index contributed by atoms with van der Waals surface area (Å²) >= 11 is 0. The summed E-state index contributed by atoms with van der Waals surface area (Å²) in [5, 5.41) is 0. The van der Waals surface area contributed by atoms with Gasteiger partial charge in [-0.1, -0.05) is 6.42 Å². The van der Waals surface area contributed by atoms with Gasteiger partial charge in [0.1, 0.15) is 0 Å². The van der Waals surface area contributed by atoms with Gasteiger partial charge in [-0.05, 0) is 86.5 Å². The fourth-order valence-corrected chi connectivity index (χ4v) is 3.90. The average Bonchev–Trinajstić information content (AvgIpc) is 2.61. The third-order valence-corrected chi connectivity index (χ3v) is 5.40. The predicted octanol–water partition coefficient (Wildman–Crippen LogP) is 6.24. The van der Waals surface area contributed by atoms with E-state index in [9.17, 15) is 13.2 Å². The Morgan fingerprint density at radius 1 is 0.917 bits per heavy atom. The van der Waals surface area contributed by atoms with Crippen molar-refractivity contribution in [3.8, 4) is 0 Å². The molecule has 0 radical (unpaired) electrons. The standard InChI is InChI=1S/C20H25F3O/c21-18-10-17(11-19(22)20(18)23)16-8-6-15(7-9-16)13-24-12-14-4-2-1-3-5-14/h10-12,15-16H,1-9,13H2. The van der Waals surface area contributed by atoms with Crippen molar-refractivity contribution in [1.82, 2.24) is 0 Å². The quantitative estimate of drug-likeness (QED) is 0.466. The maximum atomic E-state index is 13.4. The van der Waals surface area contributed by atoms with Crippen LogP contribution in [-0.4, -0.2) is 6.61 Å². The first-order chi connectivity index (χ1) is 11.6. The van der Waals surface area contributed by atoms with Crippen LogP contribution in [0.2, 0.25) is 0 Å². The molecular weight excluding hydrogens is 313 g/mol. The molecule has 2 saturated carbocycles. The third-order valence-electron chi connectivity index (χ3n) is 5.40. The van der Waals surface area contributed by atoms with Gasteiger partial charge in [-0.2, -0.15) is 0 Å². The summed E-state index contributed by atoms with van der Waals surface area (Å²) in [6.07, 6.45) is 11.8. The highest BCUT2D eigenvalue weighted by Crippen LogP contribution is 2.37. The van der Waals surface area contributed by atoms with Crippen molar-refractivity contribution < 1.29 is 17.9 Å². The van der Waals surface area contributed by atoms with Crippen LogP contribution in [-0.2, 0) is 4.74 Å². The molecule has 1 aromatic rings. The lowest BCUT2D eigenvalue weighted by Crippen LogP contribution is -2.17. The zero-order chi connectivity index (χ0) is 16.9. The molecule has 1 nitrogen and oxygen atoms in total. The molecule has 4 heteroatoms. The van der Waals surface area contributed by atoms with E-state index in [-0.39, 0.29) is 5.92 Å². The molecule has 2 aliphatic rings. The fourth-order valence-electron chi connectivity index (χ4n) is 3.90. The minimum atomic E-state index is -1.38. The molecule has 0 atom stereocenters. The highest BCUT2D eigenvalue weighted by molar-refractivity contribution is 5.23. The van der Waals surface area contributed by atoms with Gasteiger partial charge in [-0.15, -0.1) is 0 Å². The molecule has 2 fully saturated rings. The summed E-state index contributed by atoms with van der Waals surface area (Å²) in [4.78, 5) is 0. The lowest BCUT2D eigenvalue weighted by Gasteiger charge is -2.28. The Labute approximate surface area is 141 Å². The second-order valence-corrected chi connectivity index (χ2v) is 7.19. The monoisotopic (exact) mass is 338 g/mol. The maximum Gasteiger partial charge on any atom is 0.194 e. The van der Waals surface area contributed by atoms with Gasteiger partial charge < -0.3 is 4.74 Å². The van der Waals surface area contributed by atoms with E-state index in [0.29, 0.717) is 11.5 Å². The lowest BCUT2D eigenvalue weighted by atomic mass is 9.79. The van der Waals surface area contributed by atoms with E-state index in [4.69, 9.17) is 4.74 Å². The normalized spacial score (nSPS) is 24.7. The van der Waals surface area contributed by atoms with Crippen LogP contribution < -0.4 is 0 Å². The van der Waals surface area contributed by atoms with Crippen molar-refractivity contribution in [1.29, 1.82) is 0 Å². The number of hydrogen-bond donors (Lipinski definition) is 0. The lowest BCUT2D eigenvalue weighted by molar-refractivity contribution is 0.157. The molecule has 24 heavy (non-hydrogen) atoms. The molecule has 0 bridgehead atoms. The maximum absolute atomic E-state index is 13.4. The van der Waals surface area contributed by atoms with Gasteiger partial charge in [0.15, 0.2) is 17.5 Å². The van der Waals surface area contributed by atoms with Gasteiger partial charge in [0, 0.05) is 0 Å². The molecule has 0 N–H and O–H groups in total. The van der Waals surface area contributed by atoms with Crippen LogP contribution in [0.1, 0.15) is 69.3 Å². The largest absolute Gasteiger partial charge is 0.501 e. The zero-order valence-electron chi connectivity index (χ0n) is 14.0. The van der Waals surface area contributed by atoms with Crippen molar-refractivity contribution in [3.63, 3.8) is 0 Å². The number of benzene rings is 1. The highest BCUT2D eigenvalue weighted by Gasteiger charge is 2.24. The summed E-state index contributed by atoms with van der Waals surface area (Å²) in [6.45, 7) is 0.725. The van der Waals surface area contributed by atoms with E-state index < -0.39 is 17.5 Å². The van der Waals surface area contributed by atoms with E-state index >= 15 is 0 Å². The molecule has 132 valence electrons. The molecule has 2 aliphatic carbocycles. The third kappa shape index (κ3) is 4.34. The van der Waals surface area contributed by atoms with Crippen molar-refractivity contribution in [3.05, 3.63) is 47.0 Å². The second kappa shape index (κ2) is 8.09. The molecule has 3 rings (SSSR count).